The van der Waals surface area contributed by atoms with Gasteiger partial charge in [-0.15, -0.1) is 0 Å². The van der Waals surface area contributed by atoms with E-state index in [9.17, 15) is 9.59 Å². The zero-order valence-electron chi connectivity index (χ0n) is 11.8. The number of carbonyl (C=O) groups is 2. The van der Waals surface area contributed by atoms with Crippen molar-refractivity contribution >= 4 is 17.7 Å². The van der Waals surface area contributed by atoms with Crippen LogP contribution in [-0.2, 0) is 9.47 Å². The number of amides is 2. The molecule has 1 aromatic heterocycles. The van der Waals surface area contributed by atoms with Crippen LogP contribution in [0.4, 0.5) is 10.5 Å². The molecule has 0 aromatic carbocycles. The smallest absolute Gasteiger partial charge is 0.354 e. The lowest BCUT2D eigenvalue weighted by molar-refractivity contribution is -0.00461. The van der Waals surface area contributed by atoms with Crippen molar-refractivity contribution in [3.63, 3.8) is 0 Å². The Labute approximate surface area is 121 Å². The Morgan fingerprint density at radius 2 is 1.90 bits per heavy atom. The molecule has 2 heterocycles. The number of aromatic nitrogens is 1. The van der Waals surface area contributed by atoms with Gasteiger partial charge in [0, 0.05) is 14.2 Å². The maximum atomic E-state index is 12.1. The first-order chi connectivity index (χ1) is 10.0. The van der Waals surface area contributed by atoms with E-state index < -0.39 is 5.97 Å². The predicted octanol–water partition coefficient (Wildman–Crippen LogP) is 0.657. The summed E-state index contributed by atoms with van der Waals surface area (Å²) >= 11 is 0. The Kier molecular flexibility index (Phi) is 4.71. The summed E-state index contributed by atoms with van der Waals surface area (Å²) < 4.78 is 10.5. The van der Waals surface area contributed by atoms with Gasteiger partial charge in [-0.2, -0.15) is 0 Å². The molecule has 114 valence electrons. The lowest BCUT2D eigenvalue weighted by atomic mass is 10.3. The molecule has 0 saturated carbocycles. The summed E-state index contributed by atoms with van der Waals surface area (Å²) in [5, 5.41) is 11.4. The van der Waals surface area contributed by atoms with E-state index in [1.807, 2.05) is 0 Å². The number of nitrogens with zero attached hydrogens (tertiary/aromatic N) is 2. The number of urea groups is 1. The van der Waals surface area contributed by atoms with Gasteiger partial charge in [-0.05, 0) is 12.1 Å². The van der Waals surface area contributed by atoms with Gasteiger partial charge in [0.05, 0.1) is 25.0 Å². The number of hydrogen-bond donors (Lipinski definition) is 2. The maximum absolute atomic E-state index is 12.1. The largest absolute Gasteiger partial charge is 0.477 e. The predicted molar refractivity (Wildman–Crippen MR) is 73.4 cm³/mol. The number of anilines is 1. The summed E-state index contributed by atoms with van der Waals surface area (Å²) in [6.07, 6.45) is 0.987. The molecule has 0 radical (unpaired) electrons. The van der Waals surface area contributed by atoms with Crippen molar-refractivity contribution in [1.82, 2.24) is 9.88 Å². The fraction of sp³-hybridized carbons (Fsp3) is 0.462. The maximum Gasteiger partial charge on any atom is 0.354 e. The topological polar surface area (TPSA) is 101 Å². The van der Waals surface area contributed by atoms with E-state index in [1.54, 1.807) is 19.1 Å². The minimum atomic E-state index is -1.11. The van der Waals surface area contributed by atoms with Crippen molar-refractivity contribution in [3.05, 3.63) is 24.0 Å². The van der Waals surface area contributed by atoms with Gasteiger partial charge < -0.3 is 24.8 Å². The Morgan fingerprint density at radius 3 is 2.33 bits per heavy atom. The van der Waals surface area contributed by atoms with Gasteiger partial charge in [0.2, 0.25) is 0 Å². The van der Waals surface area contributed by atoms with Crippen LogP contribution in [-0.4, -0.2) is 66.5 Å². The zero-order chi connectivity index (χ0) is 15.4. The minimum absolute atomic E-state index is 0.0759. The highest BCUT2D eigenvalue weighted by molar-refractivity contribution is 5.90. The highest BCUT2D eigenvalue weighted by Gasteiger charge is 2.35. The summed E-state index contributed by atoms with van der Waals surface area (Å²) in [4.78, 5) is 28.1. The molecule has 0 spiro atoms. The number of pyridine rings is 1. The highest BCUT2D eigenvalue weighted by atomic mass is 16.5. The monoisotopic (exact) mass is 295 g/mol. The second-order valence-electron chi connectivity index (χ2n) is 4.62. The number of carboxylic acid groups (broad SMARTS) is 1. The Morgan fingerprint density at radius 1 is 1.29 bits per heavy atom. The van der Waals surface area contributed by atoms with Gasteiger partial charge in [-0.3, -0.25) is 0 Å². The summed E-state index contributed by atoms with van der Waals surface area (Å²) in [6, 6.07) is 2.52. The number of ether oxygens (including phenoxy) is 2. The average Bonchev–Trinajstić information content (AvgIpc) is 2.91. The minimum Gasteiger partial charge on any atom is -0.477 e. The molecule has 21 heavy (non-hydrogen) atoms. The van der Waals surface area contributed by atoms with Crippen LogP contribution in [0.25, 0.3) is 0 Å². The van der Waals surface area contributed by atoms with Gasteiger partial charge >= 0.3 is 12.0 Å². The SMILES string of the molecule is COC1CN(C(=O)Nc2ccc(C(=O)O)nc2)CC1OC. The van der Waals surface area contributed by atoms with Gasteiger partial charge in [0.1, 0.15) is 17.9 Å². The van der Waals surface area contributed by atoms with Crippen LogP contribution >= 0.6 is 0 Å². The van der Waals surface area contributed by atoms with E-state index >= 15 is 0 Å². The van der Waals surface area contributed by atoms with Crippen molar-refractivity contribution < 1.29 is 24.2 Å². The number of methoxy groups -OCH3 is 2. The Balaban J connectivity index is 1.97. The molecular weight excluding hydrogens is 278 g/mol. The van der Waals surface area contributed by atoms with E-state index in [0.29, 0.717) is 18.8 Å². The van der Waals surface area contributed by atoms with Gasteiger partial charge in [0.25, 0.3) is 0 Å². The van der Waals surface area contributed by atoms with Crippen LogP contribution in [0, 0.1) is 0 Å². The van der Waals surface area contributed by atoms with Crippen molar-refractivity contribution in [2.75, 3.05) is 32.6 Å². The molecule has 1 aliphatic heterocycles. The van der Waals surface area contributed by atoms with E-state index in [0.717, 1.165) is 0 Å². The normalized spacial score (nSPS) is 21.3. The molecule has 0 aliphatic carbocycles. The van der Waals surface area contributed by atoms with E-state index in [-0.39, 0.29) is 23.9 Å². The lowest BCUT2D eigenvalue weighted by Gasteiger charge is -2.16. The summed E-state index contributed by atoms with van der Waals surface area (Å²) in [5.74, 6) is -1.11. The summed E-state index contributed by atoms with van der Waals surface area (Å²) in [5.41, 5.74) is 0.355. The van der Waals surface area contributed by atoms with Crippen LogP contribution in [0.15, 0.2) is 18.3 Å². The third-order valence-electron chi connectivity index (χ3n) is 3.34. The molecule has 1 saturated heterocycles. The third kappa shape index (κ3) is 3.47. The molecule has 2 rings (SSSR count). The molecule has 1 aromatic rings. The molecule has 8 nitrogen and oxygen atoms in total. The fourth-order valence-electron chi connectivity index (χ4n) is 2.16. The number of aromatic carboxylic acids is 1. The molecule has 2 atom stereocenters. The van der Waals surface area contributed by atoms with Gasteiger partial charge in [-0.1, -0.05) is 0 Å². The fourth-order valence-corrected chi connectivity index (χ4v) is 2.16. The van der Waals surface area contributed by atoms with E-state index in [1.165, 1.54) is 18.3 Å². The molecule has 2 N–H and O–H groups in total. The highest BCUT2D eigenvalue weighted by Crippen LogP contribution is 2.17. The number of likely N-dealkylation sites (tertiary alicyclic amines) is 1. The Bertz CT molecular complexity index is 507. The second kappa shape index (κ2) is 6.51. The van der Waals surface area contributed by atoms with Crippen molar-refractivity contribution in [3.8, 4) is 0 Å². The van der Waals surface area contributed by atoms with Crippen molar-refractivity contribution in [2.24, 2.45) is 0 Å². The standard InChI is InChI=1S/C13H17N3O5/c1-20-10-6-16(7-11(10)21-2)13(19)15-8-3-4-9(12(17)18)14-5-8/h3-5,10-11H,6-7H2,1-2H3,(H,15,19)(H,17,18). The molecule has 2 amide bonds. The molecule has 1 aliphatic rings. The summed E-state index contributed by atoms with van der Waals surface area (Å²) in [7, 11) is 3.15. The number of carboxylic acids is 1. The van der Waals surface area contributed by atoms with Crippen LogP contribution < -0.4 is 5.32 Å². The Hall–Kier alpha value is -2.19. The third-order valence-corrected chi connectivity index (χ3v) is 3.34. The number of rotatable bonds is 4. The second-order valence-corrected chi connectivity index (χ2v) is 4.62. The average molecular weight is 295 g/mol. The molecular formula is C13H17N3O5. The van der Waals surface area contributed by atoms with E-state index in [4.69, 9.17) is 14.6 Å². The van der Waals surface area contributed by atoms with Crippen LogP contribution in [0.5, 0.6) is 0 Å². The first kappa shape index (κ1) is 15.2. The number of nitrogens with one attached hydrogen (secondary N) is 1. The van der Waals surface area contributed by atoms with Crippen LogP contribution in [0.3, 0.4) is 0 Å². The van der Waals surface area contributed by atoms with Crippen LogP contribution in [0.1, 0.15) is 10.5 Å². The van der Waals surface area contributed by atoms with E-state index in [2.05, 4.69) is 10.3 Å². The zero-order valence-corrected chi connectivity index (χ0v) is 11.8. The van der Waals surface area contributed by atoms with Gasteiger partial charge in [-0.25, -0.2) is 14.6 Å². The number of carbonyl (C=O) groups excluding carboxylic acids is 1. The van der Waals surface area contributed by atoms with Gasteiger partial charge in [0.15, 0.2) is 0 Å². The van der Waals surface area contributed by atoms with Crippen molar-refractivity contribution in [2.45, 2.75) is 12.2 Å². The quantitative estimate of drug-likeness (QED) is 0.846. The molecule has 8 heteroatoms. The molecule has 0 bridgehead atoms. The number of hydrogen-bond acceptors (Lipinski definition) is 5. The first-order valence-corrected chi connectivity index (χ1v) is 6.36. The van der Waals surface area contributed by atoms with Crippen molar-refractivity contribution in [1.29, 1.82) is 0 Å². The summed E-state index contributed by atoms with van der Waals surface area (Å²) in [6.45, 7) is 0.864. The lowest BCUT2D eigenvalue weighted by Crippen LogP contribution is -2.34. The molecule has 2 unspecified atom stereocenters. The molecule has 1 fully saturated rings. The first-order valence-electron chi connectivity index (χ1n) is 6.36. The van der Waals surface area contributed by atoms with Crippen LogP contribution in [0.2, 0.25) is 0 Å².